The Morgan fingerprint density at radius 2 is 1.95 bits per heavy atom. The molecule has 198 valence electrons. The van der Waals surface area contributed by atoms with E-state index in [1.54, 1.807) is 31.2 Å². The Hall–Kier alpha value is -3.77. The number of benzene rings is 2. The topological polar surface area (TPSA) is 113 Å². The molecule has 38 heavy (non-hydrogen) atoms. The Morgan fingerprint density at radius 1 is 1.16 bits per heavy atom. The monoisotopic (exact) mass is 558 g/mol. The van der Waals surface area contributed by atoms with Gasteiger partial charge in [-0.05, 0) is 61.6 Å². The fraction of sp³-hybridized carbons (Fsp3) is 0.231. The van der Waals surface area contributed by atoms with Crippen LogP contribution in [0.3, 0.4) is 0 Å². The molecule has 5 rings (SSSR count). The van der Waals surface area contributed by atoms with Crippen molar-refractivity contribution in [2.24, 2.45) is 0 Å². The van der Waals surface area contributed by atoms with Crippen molar-refractivity contribution < 1.29 is 27.0 Å². The van der Waals surface area contributed by atoms with Gasteiger partial charge in [-0.3, -0.25) is 4.72 Å². The lowest BCUT2D eigenvalue weighted by Gasteiger charge is -2.12. The number of aromatic hydroxyl groups is 1. The van der Waals surface area contributed by atoms with Gasteiger partial charge < -0.3 is 15.2 Å². The average Bonchev–Trinajstić information content (AvgIpc) is 3.65. The van der Waals surface area contributed by atoms with Crippen molar-refractivity contribution in [1.82, 2.24) is 9.97 Å². The number of hydrogen-bond donors (Lipinski definition) is 3. The van der Waals surface area contributed by atoms with Crippen molar-refractivity contribution >= 4 is 32.2 Å². The predicted octanol–water partition coefficient (Wildman–Crippen LogP) is 5.80. The zero-order valence-corrected chi connectivity index (χ0v) is 22.1. The molecule has 0 unspecified atom stereocenters. The van der Waals surface area contributed by atoms with Gasteiger partial charge in [-0.1, -0.05) is 12.1 Å². The van der Waals surface area contributed by atoms with E-state index in [4.69, 9.17) is 4.74 Å². The van der Waals surface area contributed by atoms with Gasteiger partial charge in [-0.2, -0.15) is 8.42 Å². The van der Waals surface area contributed by atoms with Crippen LogP contribution in [0.4, 0.5) is 19.6 Å². The fourth-order valence-corrected chi connectivity index (χ4v) is 6.57. The van der Waals surface area contributed by atoms with Crippen LogP contribution in [-0.4, -0.2) is 30.6 Å². The molecule has 1 saturated carbocycles. The van der Waals surface area contributed by atoms with Gasteiger partial charge in [-0.15, -0.1) is 11.3 Å². The number of ether oxygens (including phenoxy) is 1. The largest absolute Gasteiger partial charge is 0.504 e. The first-order valence-electron chi connectivity index (χ1n) is 11.7. The Kier molecular flexibility index (Phi) is 6.93. The number of halogens is 2. The molecule has 0 radical (unpaired) electrons. The van der Waals surface area contributed by atoms with Crippen LogP contribution in [0.15, 0.2) is 53.7 Å². The third kappa shape index (κ3) is 5.27. The number of anilines is 2. The van der Waals surface area contributed by atoms with Crippen molar-refractivity contribution in [3.63, 3.8) is 0 Å². The number of nitrogens with one attached hydrogen (secondary N) is 2. The summed E-state index contributed by atoms with van der Waals surface area (Å²) in [5.74, 6) is -1.37. The molecule has 0 spiro atoms. The van der Waals surface area contributed by atoms with Gasteiger partial charge in [0.05, 0.1) is 24.7 Å². The molecule has 4 aromatic rings. The van der Waals surface area contributed by atoms with E-state index < -0.39 is 21.7 Å². The molecular weight excluding hydrogens is 534 g/mol. The minimum atomic E-state index is -4.08. The first-order chi connectivity index (χ1) is 18.2. The van der Waals surface area contributed by atoms with Gasteiger partial charge in [0.2, 0.25) is 0 Å². The summed E-state index contributed by atoms with van der Waals surface area (Å²) < 4.78 is 61.3. The zero-order valence-electron chi connectivity index (χ0n) is 20.5. The summed E-state index contributed by atoms with van der Waals surface area (Å²) in [4.78, 5) is 9.41. The van der Waals surface area contributed by atoms with E-state index in [0.29, 0.717) is 33.8 Å². The summed E-state index contributed by atoms with van der Waals surface area (Å²) in [6.45, 7) is 1.89. The van der Waals surface area contributed by atoms with Crippen LogP contribution in [0.2, 0.25) is 0 Å². The van der Waals surface area contributed by atoms with E-state index in [9.17, 15) is 22.3 Å². The quantitative estimate of drug-likeness (QED) is 0.238. The second-order valence-electron chi connectivity index (χ2n) is 8.91. The normalized spacial score (nSPS) is 13.4. The van der Waals surface area contributed by atoms with Crippen molar-refractivity contribution in [2.75, 3.05) is 17.1 Å². The summed E-state index contributed by atoms with van der Waals surface area (Å²) in [5, 5.41) is 13.3. The zero-order chi connectivity index (χ0) is 27.0. The molecule has 0 bridgehead atoms. The Bertz CT molecular complexity index is 1620. The van der Waals surface area contributed by atoms with Gasteiger partial charge in [0.1, 0.15) is 0 Å². The average molecular weight is 559 g/mol. The van der Waals surface area contributed by atoms with E-state index in [0.717, 1.165) is 29.9 Å². The number of para-hydroxylation sites is 1. The number of hydrogen-bond acceptors (Lipinski definition) is 8. The van der Waals surface area contributed by atoms with Crippen LogP contribution in [0, 0.1) is 18.6 Å². The van der Waals surface area contributed by atoms with E-state index in [1.807, 2.05) is 0 Å². The van der Waals surface area contributed by atoms with Crippen LogP contribution >= 0.6 is 11.3 Å². The summed E-state index contributed by atoms with van der Waals surface area (Å²) in [6.07, 6.45) is 3.24. The Morgan fingerprint density at radius 3 is 2.63 bits per heavy atom. The molecular formula is C26H24F2N4O4S2. The smallest absolute Gasteiger partial charge is 0.281 e. The van der Waals surface area contributed by atoms with Gasteiger partial charge in [0.15, 0.2) is 33.3 Å². The van der Waals surface area contributed by atoms with Gasteiger partial charge in [-0.25, -0.2) is 18.7 Å². The Balaban J connectivity index is 1.35. The number of sulfonamides is 1. The molecule has 3 N–H and O–H groups in total. The molecule has 12 heteroatoms. The lowest BCUT2D eigenvalue weighted by atomic mass is 10.1. The molecule has 1 fully saturated rings. The van der Waals surface area contributed by atoms with E-state index >= 15 is 0 Å². The molecule has 2 aromatic carbocycles. The lowest BCUT2D eigenvalue weighted by molar-refractivity contribution is 0.371. The standard InChI is InChI=1S/C26H24F2N4O4S2/c1-14-10-18(29-12-17-4-3-5-21(36-2)23(17)33)13-30-25(14)38(34,35)32-26-31-22(24(37-26)15-6-7-15)16-8-9-19(27)20(28)11-16/h3-5,8-11,13,15,29,33H,6-7,12H2,1-2H3,(H,31,32). The Labute approximate surface area is 222 Å². The second-order valence-corrected chi connectivity index (χ2v) is 11.5. The van der Waals surface area contributed by atoms with Crippen LogP contribution in [0.5, 0.6) is 11.5 Å². The van der Waals surface area contributed by atoms with Crippen molar-refractivity contribution in [2.45, 2.75) is 37.3 Å². The number of rotatable bonds is 9. The minimum Gasteiger partial charge on any atom is -0.504 e. The van der Waals surface area contributed by atoms with E-state index in [1.165, 1.54) is 30.7 Å². The summed E-state index contributed by atoms with van der Waals surface area (Å²) in [7, 11) is -2.61. The first kappa shape index (κ1) is 25.9. The maximum atomic E-state index is 13.9. The molecule has 1 aliphatic rings. The number of methoxy groups -OCH3 is 1. The number of phenolic OH excluding ortho intramolecular Hbond substituents is 1. The SMILES string of the molecule is COc1cccc(CNc2cnc(S(=O)(=O)Nc3nc(-c4ccc(F)c(F)c4)c(C4CC4)s3)c(C)c2)c1O. The highest BCUT2D eigenvalue weighted by atomic mass is 32.2. The van der Waals surface area contributed by atoms with Crippen LogP contribution in [0.1, 0.15) is 34.8 Å². The number of aromatic nitrogens is 2. The van der Waals surface area contributed by atoms with Crippen LogP contribution in [0.25, 0.3) is 11.3 Å². The molecule has 0 saturated heterocycles. The number of phenols is 1. The highest BCUT2D eigenvalue weighted by Crippen LogP contribution is 2.48. The van der Waals surface area contributed by atoms with Crippen molar-refractivity contribution in [3.05, 3.63) is 76.3 Å². The summed E-state index contributed by atoms with van der Waals surface area (Å²) in [5.41, 5.74) is 2.40. The number of pyridine rings is 1. The third-order valence-electron chi connectivity index (χ3n) is 6.09. The number of aryl methyl sites for hydroxylation is 1. The third-order valence-corrected chi connectivity index (χ3v) is 8.75. The molecule has 2 heterocycles. The molecule has 0 atom stereocenters. The number of thiazole rings is 1. The number of nitrogens with zero attached hydrogens (tertiary/aromatic N) is 2. The summed E-state index contributed by atoms with van der Waals surface area (Å²) >= 11 is 1.18. The van der Waals surface area contributed by atoms with Crippen LogP contribution < -0.4 is 14.8 Å². The first-order valence-corrected chi connectivity index (χ1v) is 14.0. The van der Waals surface area contributed by atoms with Gasteiger partial charge in [0, 0.05) is 22.5 Å². The molecule has 1 aliphatic carbocycles. The van der Waals surface area contributed by atoms with E-state index in [2.05, 4.69) is 20.0 Å². The fourth-order valence-electron chi connectivity index (χ4n) is 4.02. The maximum Gasteiger partial charge on any atom is 0.281 e. The van der Waals surface area contributed by atoms with Gasteiger partial charge in [0.25, 0.3) is 10.0 Å². The van der Waals surface area contributed by atoms with E-state index in [-0.39, 0.29) is 28.4 Å². The molecule has 0 aliphatic heterocycles. The van der Waals surface area contributed by atoms with Crippen LogP contribution in [-0.2, 0) is 16.6 Å². The second kappa shape index (κ2) is 10.2. The highest BCUT2D eigenvalue weighted by molar-refractivity contribution is 7.92. The summed E-state index contributed by atoms with van der Waals surface area (Å²) in [6, 6.07) is 10.3. The maximum absolute atomic E-state index is 13.9. The molecule has 2 aromatic heterocycles. The minimum absolute atomic E-state index is 0.0207. The molecule has 0 amide bonds. The van der Waals surface area contributed by atoms with Crippen molar-refractivity contribution in [1.29, 1.82) is 0 Å². The lowest BCUT2D eigenvalue weighted by Crippen LogP contribution is -2.16. The van der Waals surface area contributed by atoms with Crippen molar-refractivity contribution in [3.8, 4) is 22.8 Å². The highest BCUT2D eigenvalue weighted by Gasteiger charge is 2.31. The van der Waals surface area contributed by atoms with Gasteiger partial charge >= 0.3 is 0 Å². The predicted molar refractivity (Wildman–Crippen MR) is 141 cm³/mol. The molecule has 8 nitrogen and oxygen atoms in total.